The van der Waals surface area contributed by atoms with Gasteiger partial charge in [0.2, 0.25) is 0 Å². The van der Waals surface area contributed by atoms with E-state index >= 15 is 0 Å². The van der Waals surface area contributed by atoms with Gasteiger partial charge in [0.05, 0.1) is 30.0 Å². The number of ether oxygens (including phenoxy) is 3. The normalized spacial score (nSPS) is 14.5. The molecule has 11 nitrogen and oxygen atoms in total. The molecule has 1 amide bonds. The molecule has 0 aromatic heterocycles. The third-order valence-corrected chi connectivity index (χ3v) is 6.46. The maximum Gasteiger partial charge on any atom is 0.338 e. The molecule has 0 fully saturated rings. The fourth-order valence-electron chi connectivity index (χ4n) is 4.17. The maximum absolute atomic E-state index is 12.7. The van der Waals surface area contributed by atoms with Crippen LogP contribution in [0.15, 0.2) is 89.2 Å². The van der Waals surface area contributed by atoms with Gasteiger partial charge >= 0.3 is 11.9 Å². The summed E-state index contributed by atoms with van der Waals surface area (Å²) < 4.78 is 16.8. The van der Waals surface area contributed by atoms with Crippen LogP contribution in [0.3, 0.4) is 0 Å². The number of nitrogens with one attached hydrogen (secondary N) is 3. The van der Waals surface area contributed by atoms with Crippen molar-refractivity contribution < 1.29 is 33.7 Å². The number of benzene rings is 3. The predicted octanol–water partition coefficient (Wildman–Crippen LogP) is 3.85. The van der Waals surface area contributed by atoms with Crippen LogP contribution in [-0.4, -0.2) is 47.5 Å². The minimum absolute atomic E-state index is 0.215. The van der Waals surface area contributed by atoms with Crippen LogP contribution in [-0.2, 0) is 20.9 Å². The molecule has 3 aromatic rings. The molecule has 0 radical (unpaired) electrons. The number of carbonyl (C=O) groups is 3. The molecule has 3 aromatic carbocycles. The van der Waals surface area contributed by atoms with Crippen LogP contribution in [0.25, 0.3) is 0 Å². The smallest absolute Gasteiger partial charge is 0.338 e. The summed E-state index contributed by atoms with van der Waals surface area (Å²) >= 11 is 5.30. The van der Waals surface area contributed by atoms with Gasteiger partial charge in [-0.2, -0.15) is 5.10 Å². The van der Waals surface area contributed by atoms with Crippen molar-refractivity contribution in [2.75, 3.05) is 13.2 Å². The molecule has 1 aliphatic heterocycles. The Bertz CT molecular complexity index is 1550. The van der Waals surface area contributed by atoms with Crippen molar-refractivity contribution in [1.29, 1.82) is 0 Å². The van der Waals surface area contributed by atoms with E-state index in [4.69, 9.17) is 31.5 Å². The average molecular weight is 603 g/mol. The number of carbonyl (C=O) groups excluding carboxylic acids is 2. The molecule has 0 spiro atoms. The van der Waals surface area contributed by atoms with E-state index in [1.807, 2.05) is 0 Å². The standard InChI is InChI=1S/C31H30N4O7S/c1-3-40-30(39)27-19(2)33-31(43)34-28(27)24-6-4-5-7-25(24)42-18-26(36)35-32-16-20-10-14-23(15-11-20)41-17-21-8-12-22(13-9-21)29(37)38/h4-16,28H,3,17-18H2,1-2H3,(H,35,36)(H,37,38)(H2,33,34,43)/t28-/m1/s1. The lowest BCUT2D eigenvalue weighted by Gasteiger charge is -2.30. The number of rotatable bonds is 12. The number of hydrazone groups is 1. The number of aromatic carboxylic acids is 1. The topological polar surface area (TPSA) is 148 Å². The van der Waals surface area contributed by atoms with E-state index in [9.17, 15) is 14.4 Å². The highest BCUT2D eigenvalue weighted by Crippen LogP contribution is 2.33. The second-order valence-corrected chi connectivity index (χ2v) is 9.68. The lowest BCUT2D eigenvalue weighted by Crippen LogP contribution is -2.45. The van der Waals surface area contributed by atoms with Gasteiger partial charge in [-0.1, -0.05) is 30.3 Å². The number of para-hydroxylation sites is 1. The van der Waals surface area contributed by atoms with Crippen LogP contribution >= 0.6 is 12.2 Å². The Morgan fingerprint density at radius 2 is 1.74 bits per heavy atom. The van der Waals surface area contributed by atoms with Crippen LogP contribution in [0.4, 0.5) is 0 Å². The van der Waals surface area contributed by atoms with Gasteiger partial charge in [0, 0.05) is 11.3 Å². The number of allylic oxidation sites excluding steroid dienone is 1. The predicted molar refractivity (Wildman–Crippen MR) is 163 cm³/mol. The number of carboxylic acids is 1. The number of hydrogen-bond acceptors (Lipinski definition) is 8. The van der Waals surface area contributed by atoms with E-state index in [2.05, 4.69) is 21.2 Å². The fourth-order valence-corrected chi connectivity index (χ4v) is 4.44. The Labute approximate surface area is 253 Å². The second-order valence-electron chi connectivity index (χ2n) is 9.27. The first kappa shape index (κ1) is 30.7. The summed E-state index contributed by atoms with van der Waals surface area (Å²) in [6.45, 7) is 3.66. The highest BCUT2D eigenvalue weighted by Gasteiger charge is 2.32. The summed E-state index contributed by atoms with van der Waals surface area (Å²) in [5.74, 6) is -0.928. The monoisotopic (exact) mass is 602 g/mol. The van der Waals surface area contributed by atoms with Gasteiger partial charge in [0.25, 0.3) is 5.91 Å². The van der Waals surface area contributed by atoms with Gasteiger partial charge in [-0.25, -0.2) is 15.0 Å². The Morgan fingerprint density at radius 1 is 1.02 bits per heavy atom. The third kappa shape index (κ3) is 8.39. The first-order valence-corrected chi connectivity index (χ1v) is 13.7. The van der Waals surface area contributed by atoms with Crippen molar-refractivity contribution in [2.45, 2.75) is 26.5 Å². The highest BCUT2D eigenvalue weighted by atomic mass is 32.1. The van der Waals surface area contributed by atoms with E-state index in [0.29, 0.717) is 33.4 Å². The van der Waals surface area contributed by atoms with E-state index in [1.54, 1.807) is 74.5 Å². The van der Waals surface area contributed by atoms with E-state index in [0.717, 1.165) is 11.1 Å². The van der Waals surface area contributed by atoms with Crippen molar-refractivity contribution >= 4 is 41.4 Å². The van der Waals surface area contributed by atoms with E-state index in [1.165, 1.54) is 18.3 Å². The fraction of sp³-hybridized carbons (Fsp3) is 0.194. The summed E-state index contributed by atoms with van der Waals surface area (Å²) in [5.41, 5.74) is 5.77. The van der Waals surface area contributed by atoms with Gasteiger partial charge in [0.1, 0.15) is 18.1 Å². The number of amides is 1. The molecule has 4 rings (SSSR count). The Morgan fingerprint density at radius 3 is 2.44 bits per heavy atom. The van der Waals surface area contributed by atoms with Crippen molar-refractivity contribution in [3.63, 3.8) is 0 Å². The van der Waals surface area contributed by atoms with E-state index < -0.39 is 23.9 Å². The highest BCUT2D eigenvalue weighted by molar-refractivity contribution is 7.80. The number of nitrogens with zero attached hydrogens (tertiary/aromatic N) is 1. The molecule has 1 atom stereocenters. The molecule has 0 bridgehead atoms. The number of esters is 1. The molecule has 43 heavy (non-hydrogen) atoms. The van der Waals surface area contributed by atoms with Gasteiger partial charge in [0.15, 0.2) is 11.7 Å². The molecular weight excluding hydrogens is 572 g/mol. The molecule has 0 aliphatic carbocycles. The molecule has 1 aliphatic rings. The summed E-state index contributed by atoms with van der Waals surface area (Å²) in [5, 5.41) is 19.4. The lowest BCUT2D eigenvalue weighted by atomic mass is 9.95. The SMILES string of the molecule is CCOC(=O)C1=C(C)NC(=S)N[C@@H]1c1ccccc1OCC(=O)NN=Cc1ccc(OCc2ccc(C(=O)O)cc2)cc1. The Hall–Kier alpha value is -5.23. The third-order valence-electron chi connectivity index (χ3n) is 6.24. The van der Waals surface area contributed by atoms with Crippen molar-refractivity contribution in [3.8, 4) is 11.5 Å². The Kier molecular flexibility index (Phi) is 10.4. The molecule has 0 saturated heterocycles. The average Bonchev–Trinajstić information content (AvgIpc) is 2.99. The molecule has 4 N–H and O–H groups in total. The van der Waals surface area contributed by atoms with Crippen LogP contribution < -0.4 is 25.5 Å². The molecular formula is C31H30N4O7S. The first-order valence-electron chi connectivity index (χ1n) is 13.3. The van der Waals surface area contributed by atoms with Gasteiger partial charge in [-0.05, 0) is 79.7 Å². The van der Waals surface area contributed by atoms with Crippen molar-refractivity contribution in [1.82, 2.24) is 16.1 Å². The zero-order valence-corrected chi connectivity index (χ0v) is 24.3. The van der Waals surface area contributed by atoms with Gasteiger partial charge in [-0.3, -0.25) is 4.79 Å². The molecule has 222 valence electrons. The molecule has 1 heterocycles. The van der Waals surface area contributed by atoms with Gasteiger partial charge < -0.3 is 30.0 Å². The van der Waals surface area contributed by atoms with E-state index in [-0.39, 0.29) is 25.4 Å². The largest absolute Gasteiger partial charge is 0.489 e. The number of thiocarbonyl (C=S) groups is 1. The summed E-state index contributed by atoms with van der Waals surface area (Å²) in [7, 11) is 0. The molecule has 0 saturated carbocycles. The van der Waals surface area contributed by atoms with Crippen LogP contribution in [0.2, 0.25) is 0 Å². The summed E-state index contributed by atoms with van der Waals surface area (Å²) in [6, 6.07) is 19.9. The molecule has 0 unspecified atom stereocenters. The zero-order chi connectivity index (χ0) is 30.8. The first-order chi connectivity index (χ1) is 20.7. The Balaban J connectivity index is 1.30. The van der Waals surface area contributed by atoms with Crippen LogP contribution in [0, 0.1) is 0 Å². The zero-order valence-electron chi connectivity index (χ0n) is 23.5. The van der Waals surface area contributed by atoms with Crippen LogP contribution in [0.5, 0.6) is 11.5 Å². The number of hydrogen-bond donors (Lipinski definition) is 4. The quantitative estimate of drug-likeness (QED) is 0.104. The van der Waals surface area contributed by atoms with Gasteiger partial charge in [-0.15, -0.1) is 0 Å². The summed E-state index contributed by atoms with van der Waals surface area (Å²) in [6.07, 6.45) is 1.49. The molecule has 12 heteroatoms. The van der Waals surface area contributed by atoms with Crippen molar-refractivity contribution in [3.05, 3.63) is 106 Å². The number of carboxylic acid groups (broad SMARTS) is 1. The second kappa shape index (κ2) is 14.6. The lowest BCUT2D eigenvalue weighted by molar-refractivity contribution is -0.139. The maximum atomic E-state index is 12.7. The minimum Gasteiger partial charge on any atom is -0.489 e. The van der Waals surface area contributed by atoms with Crippen molar-refractivity contribution in [2.24, 2.45) is 5.10 Å². The summed E-state index contributed by atoms with van der Waals surface area (Å²) in [4.78, 5) is 36.1. The van der Waals surface area contributed by atoms with Crippen LogP contribution in [0.1, 0.15) is 46.9 Å². The minimum atomic E-state index is -0.979.